The number of nitrogens with one attached hydrogen (secondary N) is 1. The number of anilines is 1. The molecule has 1 aromatic heterocycles. The third-order valence-corrected chi connectivity index (χ3v) is 4.70. The van der Waals surface area contributed by atoms with E-state index in [4.69, 9.17) is 0 Å². The van der Waals surface area contributed by atoms with Crippen LogP contribution in [-0.4, -0.2) is 47.0 Å². The van der Waals surface area contributed by atoms with Gasteiger partial charge in [-0.25, -0.2) is 9.97 Å². The molecule has 0 radical (unpaired) electrons. The van der Waals surface area contributed by atoms with Gasteiger partial charge in [0.25, 0.3) is 0 Å². The number of rotatable bonds is 5. The van der Waals surface area contributed by atoms with Gasteiger partial charge in [-0.15, -0.1) is 0 Å². The van der Waals surface area contributed by atoms with Gasteiger partial charge < -0.3 is 10.2 Å². The zero-order chi connectivity index (χ0) is 17.6. The Morgan fingerprint density at radius 3 is 2.36 bits per heavy atom. The van der Waals surface area contributed by atoms with Crippen LogP contribution in [0.5, 0.6) is 0 Å². The van der Waals surface area contributed by atoms with Crippen LogP contribution in [0, 0.1) is 0 Å². The molecule has 1 aliphatic heterocycles. The number of carbonyl (C=O) groups is 1. The fourth-order valence-corrected chi connectivity index (χ4v) is 3.12. The highest BCUT2D eigenvalue weighted by atomic mass is 16.1. The average molecular weight is 339 g/mol. The summed E-state index contributed by atoms with van der Waals surface area (Å²) in [5.74, 6) is 0.815. The van der Waals surface area contributed by atoms with Crippen molar-refractivity contribution in [1.82, 2.24) is 20.2 Å². The molecule has 6 nitrogen and oxygen atoms in total. The molecular formula is C19H25N5O. The molecule has 1 amide bonds. The van der Waals surface area contributed by atoms with Crippen molar-refractivity contribution >= 4 is 11.9 Å². The Balaban J connectivity index is 1.55. The molecule has 0 spiro atoms. The summed E-state index contributed by atoms with van der Waals surface area (Å²) in [5.41, 5.74) is 2.42. The highest BCUT2D eigenvalue weighted by Gasteiger charge is 2.23. The second kappa shape index (κ2) is 8.07. The predicted octanol–water partition coefficient (Wildman–Crippen LogP) is 2.00. The normalized spacial score (nSPS) is 16.5. The second-order valence-electron chi connectivity index (χ2n) is 6.40. The lowest BCUT2D eigenvalue weighted by atomic mass is 10.0. The molecule has 3 rings (SSSR count). The lowest BCUT2D eigenvalue weighted by Gasteiger charge is -2.38. The van der Waals surface area contributed by atoms with Crippen LogP contribution in [0.25, 0.3) is 0 Å². The van der Waals surface area contributed by atoms with Crippen LogP contribution < -0.4 is 10.2 Å². The van der Waals surface area contributed by atoms with Gasteiger partial charge in [0.1, 0.15) is 0 Å². The van der Waals surface area contributed by atoms with Gasteiger partial charge in [0.2, 0.25) is 11.9 Å². The third kappa shape index (κ3) is 4.54. The van der Waals surface area contributed by atoms with E-state index in [9.17, 15) is 4.79 Å². The molecule has 1 N–H and O–H groups in total. The molecule has 25 heavy (non-hydrogen) atoms. The summed E-state index contributed by atoms with van der Waals surface area (Å²) >= 11 is 0. The van der Waals surface area contributed by atoms with Gasteiger partial charge in [0.15, 0.2) is 0 Å². The molecule has 132 valence electrons. The van der Waals surface area contributed by atoms with E-state index in [-0.39, 0.29) is 5.91 Å². The number of aromatic nitrogens is 2. The van der Waals surface area contributed by atoms with E-state index in [1.54, 1.807) is 12.4 Å². The summed E-state index contributed by atoms with van der Waals surface area (Å²) in [7, 11) is 0. The number of nitrogens with zero attached hydrogens (tertiary/aromatic N) is 4. The lowest BCUT2D eigenvalue weighted by Crippen LogP contribution is -2.47. The first kappa shape index (κ1) is 17.4. The van der Waals surface area contributed by atoms with Crippen molar-refractivity contribution < 1.29 is 4.79 Å². The molecule has 1 unspecified atom stereocenters. The molecule has 6 heteroatoms. The first-order chi connectivity index (χ1) is 12.1. The number of carbonyl (C=O) groups excluding carboxylic acids is 1. The summed E-state index contributed by atoms with van der Waals surface area (Å²) in [5, 5.41) is 2.83. The molecule has 2 aromatic rings. The molecule has 0 aliphatic carbocycles. The summed E-state index contributed by atoms with van der Waals surface area (Å²) in [4.78, 5) is 24.4. The number of hydrogen-bond acceptors (Lipinski definition) is 5. The van der Waals surface area contributed by atoms with E-state index in [1.807, 2.05) is 6.07 Å². The Labute approximate surface area is 148 Å². The molecule has 0 saturated carbocycles. The van der Waals surface area contributed by atoms with Gasteiger partial charge >= 0.3 is 0 Å². The Hall–Kier alpha value is -2.47. The SMILES string of the molecule is CC(=O)NCc1ccc(C(C)N2CCN(c3ncccn3)CC2)cc1. The standard InChI is InChI=1S/C19H25N5O/c1-15(18-6-4-17(5-7-18)14-22-16(2)25)23-10-12-24(13-11-23)19-20-8-3-9-21-19/h3-9,15H,10-14H2,1-2H3,(H,22,25). The number of benzene rings is 1. The summed E-state index contributed by atoms with van der Waals surface area (Å²) in [6.45, 7) is 8.23. The summed E-state index contributed by atoms with van der Waals surface area (Å²) < 4.78 is 0. The third-order valence-electron chi connectivity index (χ3n) is 4.70. The van der Waals surface area contributed by atoms with E-state index in [2.05, 4.69) is 56.3 Å². The molecular weight excluding hydrogens is 314 g/mol. The Bertz CT molecular complexity index is 681. The monoisotopic (exact) mass is 339 g/mol. The van der Waals surface area contributed by atoms with Crippen LogP contribution >= 0.6 is 0 Å². The largest absolute Gasteiger partial charge is 0.352 e. The van der Waals surface area contributed by atoms with E-state index in [0.717, 1.165) is 37.7 Å². The lowest BCUT2D eigenvalue weighted by molar-refractivity contribution is -0.119. The average Bonchev–Trinajstić information content (AvgIpc) is 2.67. The van der Waals surface area contributed by atoms with Gasteiger partial charge in [0, 0.05) is 58.1 Å². The maximum absolute atomic E-state index is 11.0. The number of piperazine rings is 1. The van der Waals surface area contributed by atoms with Crippen molar-refractivity contribution in [2.24, 2.45) is 0 Å². The van der Waals surface area contributed by atoms with Gasteiger partial charge in [-0.3, -0.25) is 9.69 Å². The van der Waals surface area contributed by atoms with Crippen molar-refractivity contribution in [3.8, 4) is 0 Å². The summed E-state index contributed by atoms with van der Waals surface area (Å²) in [6.07, 6.45) is 3.58. The smallest absolute Gasteiger partial charge is 0.225 e. The first-order valence-electron chi connectivity index (χ1n) is 8.73. The predicted molar refractivity (Wildman–Crippen MR) is 98.2 cm³/mol. The number of amides is 1. The van der Waals surface area contributed by atoms with Crippen LogP contribution in [0.3, 0.4) is 0 Å². The van der Waals surface area contributed by atoms with Crippen LogP contribution in [0.15, 0.2) is 42.7 Å². The second-order valence-corrected chi connectivity index (χ2v) is 6.40. The Morgan fingerprint density at radius 2 is 1.76 bits per heavy atom. The summed E-state index contributed by atoms with van der Waals surface area (Å²) in [6, 6.07) is 10.7. The topological polar surface area (TPSA) is 61.4 Å². The van der Waals surface area contributed by atoms with E-state index in [1.165, 1.54) is 12.5 Å². The minimum atomic E-state index is -0.00212. The van der Waals surface area contributed by atoms with Gasteiger partial charge in [-0.1, -0.05) is 24.3 Å². The van der Waals surface area contributed by atoms with Crippen LogP contribution in [0.4, 0.5) is 5.95 Å². The van der Waals surface area contributed by atoms with Crippen LogP contribution in [-0.2, 0) is 11.3 Å². The van der Waals surface area contributed by atoms with Gasteiger partial charge in [-0.05, 0) is 24.1 Å². The number of hydrogen-bond donors (Lipinski definition) is 1. The maximum Gasteiger partial charge on any atom is 0.225 e. The molecule has 1 atom stereocenters. The van der Waals surface area contributed by atoms with E-state index < -0.39 is 0 Å². The Morgan fingerprint density at radius 1 is 1.12 bits per heavy atom. The maximum atomic E-state index is 11.0. The fraction of sp³-hybridized carbons (Fsp3) is 0.421. The van der Waals surface area contributed by atoms with E-state index in [0.29, 0.717) is 12.6 Å². The van der Waals surface area contributed by atoms with Crippen molar-refractivity contribution in [3.05, 3.63) is 53.9 Å². The fourth-order valence-electron chi connectivity index (χ4n) is 3.12. The van der Waals surface area contributed by atoms with Crippen molar-refractivity contribution in [3.63, 3.8) is 0 Å². The van der Waals surface area contributed by atoms with Crippen molar-refractivity contribution in [1.29, 1.82) is 0 Å². The van der Waals surface area contributed by atoms with E-state index >= 15 is 0 Å². The molecule has 1 fully saturated rings. The van der Waals surface area contributed by atoms with Crippen LogP contribution in [0.2, 0.25) is 0 Å². The molecule has 1 saturated heterocycles. The zero-order valence-corrected chi connectivity index (χ0v) is 14.9. The molecule has 1 aliphatic rings. The zero-order valence-electron chi connectivity index (χ0n) is 14.9. The minimum absolute atomic E-state index is 0.00212. The minimum Gasteiger partial charge on any atom is -0.352 e. The highest BCUT2D eigenvalue weighted by molar-refractivity contribution is 5.72. The Kier molecular flexibility index (Phi) is 5.60. The quantitative estimate of drug-likeness (QED) is 0.903. The highest BCUT2D eigenvalue weighted by Crippen LogP contribution is 2.23. The first-order valence-corrected chi connectivity index (χ1v) is 8.73. The molecule has 0 bridgehead atoms. The van der Waals surface area contributed by atoms with Gasteiger partial charge in [-0.2, -0.15) is 0 Å². The molecule has 2 heterocycles. The molecule has 1 aromatic carbocycles. The van der Waals surface area contributed by atoms with Crippen molar-refractivity contribution in [2.45, 2.75) is 26.4 Å². The van der Waals surface area contributed by atoms with Crippen molar-refractivity contribution in [2.75, 3.05) is 31.1 Å². The van der Waals surface area contributed by atoms with Gasteiger partial charge in [0.05, 0.1) is 0 Å². The van der Waals surface area contributed by atoms with Crippen LogP contribution in [0.1, 0.15) is 31.0 Å².